The van der Waals surface area contributed by atoms with Gasteiger partial charge >= 0.3 is 0 Å². The summed E-state index contributed by atoms with van der Waals surface area (Å²) in [6.07, 6.45) is 0.190. The maximum atomic E-state index is 12.4. The van der Waals surface area contributed by atoms with Gasteiger partial charge in [0.15, 0.2) is 6.61 Å². The van der Waals surface area contributed by atoms with Crippen LogP contribution in [0.25, 0.3) is 0 Å². The third-order valence-electron chi connectivity index (χ3n) is 4.85. The van der Waals surface area contributed by atoms with Gasteiger partial charge in [-0.05, 0) is 48.4 Å². The molecule has 0 aliphatic carbocycles. The van der Waals surface area contributed by atoms with E-state index in [0.717, 1.165) is 0 Å². The van der Waals surface area contributed by atoms with E-state index in [-0.39, 0.29) is 36.7 Å². The number of hydrogen-bond acceptors (Lipinski definition) is 4. The van der Waals surface area contributed by atoms with Crippen LogP contribution in [0.5, 0.6) is 5.75 Å². The minimum absolute atomic E-state index is 0.0945. The molecule has 3 rings (SSSR count). The monoisotopic (exact) mass is 477 g/mol. The molecule has 1 fully saturated rings. The van der Waals surface area contributed by atoms with Gasteiger partial charge in [0.1, 0.15) is 5.75 Å². The molecule has 32 heavy (non-hydrogen) atoms. The van der Waals surface area contributed by atoms with Gasteiger partial charge in [0.25, 0.3) is 5.91 Å². The maximum absolute atomic E-state index is 12.4. The van der Waals surface area contributed by atoms with Crippen LogP contribution in [-0.4, -0.2) is 37.4 Å². The summed E-state index contributed by atoms with van der Waals surface area (Å²) in [4.78, 5) is 38.4. The van der Waals surface area contributed by atoms with Crippen molar-refractivity contribution in [2.75, 3.05) is 29.9 Å². The van der Waals surface area contributed by atoms with Gasteiger partial charge < -0.3 is 20.3 Å². The molecular weight excluding hydrogens is 453 g/mol. The van der Waals surface area contributed by atoms with Gasteiger partial charge in [-0.1, -0.05) is 37.0 Å². The molecule has 0 spiro atoms. The molecular formula is C23H25Cl2N3O4. The number of amides is 3. The lowest BCUT2D eigenvalue weighted by Gasteiger charge is -2.17. The second-order valence-corrected chi connectivity index (χ2v) is 8.91. The van der Waals surface area contributed by atoms with Crippen LogP contribution in [-0.2, 0) is 14.4 Å². The van der Waals surface area contributed by atoms with Crippen LogP contribution >= 0.6 is 23.2 Å². The van der Waals surface area contributed by atoms with E-state index in [4.69, 9.17) is 27.9 Å². The van der Waals surface area contributed by atoms with Crippen molar-refractivity contribution in [3.63, 3.8) is 0 Å². The van der Waals surface area contributed by atoms with Gasteiger partial charge in [0.05, 0.1) is 5.92 Å². The van der Waals surface area contributed by atoms with E-state index in [1.807, 2.05) is 13.8 Å². The molecule has 2 aromatic rings. The van der Waals surface area contributed by atoms with Crippen LogP contribution in [0.2, 0.25) is 10.0 Å². The van der Waals surface area contributed by atoms with Gasteiger partial charge in [-0.3, -0.25) is 14.4 Å². The summed E-state index contributed by atoms with van der Waals surface area (Å²) in [7, 11) is 0. The van der Waals surface area contributed by atoms with E-state index in [0.29, 0.717) is 46.2 Å². The molecule has 1 heterocycles. The van der Waals surface area contributed by atoms with Crippen molar-refractivity contribution < 1.29 is 19.1 Å². The number of nitrogens with one attached hydrogen (secondary N) is 2. The van der Waals surface area contributed by atoms with Gasteiger partial charge in [-0.15, -0.1) is 0 Å². The highest BCUT2D eigenvalue weighted by atomic mass is 35.5. The van der Waals surface area contributed by atoms with E-state index in [2.05, 4.69) is 10.6 Å². The molecule has 1 aliphatic rings. The molecule has 0 aromatic heterocycles. The Morgan fingerprint density at radius 1 is 1.12 bits per heavy atom. The third kappa shape index (κ3) is 6.61. The summed E-state index contributed by atoms with van der Waals surface area (Å²) in [5, 5.41) is 6.38. The first-order chi connectivity index (χ1) is 15.2. The predicted molar refractivity (Wildman–Crippen MR) is 125 cm³/mol. The molecule has 1 atom stereocenters. The summed E-state index contributed by atoms with van der Waals surface area (Å²) < 4.78 is 5.51. The van der Waals surface area contributed by atoms with Crippen molar-refractivity contribution in [2.45, 2.75) is 20.3 Å². The SMILES string of the molecule is CC(C)CNC(=O)[C@@H]1CC(=O)N(c2ccc(OCC(=O)Nc3cc(Cl)cc(Cl)c3)cc2)C1. The molecule has 9 heteroatoms. The summed E-state index contributed by atoms with van der Waals surface area (Å²) >= 11 is 11.8. The highest BCUT2D eigenvalue weighted by Crippen LogP contribution is 2.27. The lowest BCUT2D eigenvalue weighted by Crippen LogP contribution is -2.35. The number of rotatable bonds is 8. The van der Waals surface area contributed by atoms with Crippen molar-refractivity contribution in [2.24, 2.45) is 11.8 Å². The van der Waals surface area contributed by atoms with Gasteiger partial charge in [0.2, 0.25) is 11.8 Å². The molecule has 3 amide bonds. The topological polar surface area (TPSA) is 87.7 Å². The van der Waals surface area contributed by atoms with Gasteiger partial charge in [0, 0.05) is 40.9 Å². The number of carbonyl (C=O) groups excluding carboxylic acids is 3. The predicted octanol–water partition coefficient (Wildman–Crippen LogP) is 4.14. The second kappa shape index (κ2) is 10.7. The molecule has 170 valence electrons. The summed E-state index contributed by atoms with van der Waals surface area (Å²) in [6, 6.07) is 11.6. The highest BCUT2D eigenvalue weighted by molar-refractivity contribution is 6.35. The largest absolute Gasteiger partial charge is 0.484 e. The Morgan fingerprint density at radius 3 is 2.41 bits per heavy atom. The molecule has 1 saturated heterocycles. The number of hydrogen-bond donors (Lipinski definition) is 2. The first-order valence-corrected chi connectivity index (χ1v) is 11.0. The summed E-state index contributed by atoms with van der Waals surface area (Å²) in [6.45, 7) is 4.77. The van der Waals surface area contributed by atoms with Crippen molar-refractivity contribution in [3.8, 4) is 5.75 Å². The fourth-order valence-electron chi connectivity index (χ4n) is 3.28. The van der Waals surface area contributed by atoms with E-state index < -0.39 is 0 Å². The molecule has 2 aromatic carbocycles. The minimum atomic E-state index is -0.364. The zero-order valence-corrected chi connectivity index (χ0v) is 19.4. The van der Waals surface area contributed by atoms with Crippen LogP contribution in [0.3, 0.4) is 0 Å². The lowest BCUT2D eigenvalue weighted by molar-refractivity contribution is -0.126. The smallest absolute Gasteiger partial charge is 0.262 e. The van der Waals surface area contributed by atoms with Crippen LogP contribution in [0, 0.1) is 11.8 Å². The average Bonchev–Trinajstić information content (AvgIpc) is 3.12. The molecule has 0 radical (unpaired) electrons. The summed E-state index contributed by atoms with van der Waals surface area (Å²) in [5.41, 5.74) is 1.16. The van der Waals surface area contributed by atoms with Gasteiger partial charge in [-0.2, -0.15) is 0 Å². The van der Waals surface area contributed by atoms with Crippen molar-refractivity contribution >= 4 is 52.3 Å². The van der Waals surface area contributed by atoms with Crippen molar-refractivity contribution in [3.05, 3.63) is 52.5 Å². The summed E-state index contributed by atoms with van der Waals surface area (Å²) in [5.74, 6) is -0.0846. The first-order valence-electron chi connectivity index (χ1n) is 10.3. The van der Waals surface area contributed by atoms with Crippen LogP contribution < -0.4 is 20.3 Å². The Bertz CT molecular complexity index is 975. The Balaban J connectivity index is 1.52. The van der Waals surface area contributed by atoms with Crippen LogP contribution in [0.1, 0.15) is 20.3 Å². The Morgan fingerprint density at radius 2 is 1.78 bits per heavy atom. The molecule has 0 saturated carbocycles. The number of ether oxygens (including phenoxy) is 1. The molecule has 2 N–H and O–H groups in total. The van der Waals surface area contributed by atoms with E-state index >= 15 is 0 Å². The quantitative estimate of drug-likeness (QED) is 0.597. The number of carbonyl (C=O) groups is 3. The maximum Gasteiger partial charge on any atom is 0.262 e. The standard InChI is InChI=1S/C23H25Cl2N3O4/c1-14(2)11-26-23(31)15-7-22(30)28(12-15)19-3-5-20(6-4-19)32-13-21(29)27-18-9-16(24)8-17(25)10-18/h3-6,8-10,14-15H,7,11-13H2,1-2H3,(H,26,31)(H,27,29)/t15-/m1/s1. The molecule has 1 aliphatic heterocycles. The van der Waals surface area contributed by atoms with Crippen molar-refractivity contribution in [1.82, 2.24) is 5.32 Å². The minimum Gasteiger partial charge on any atom is -0.484 e. The highest BCUT2D eigenvalue weighted by Gasteiger charge is 2.35. The zero-order chi connectivity index (χ0) is 23.3. The zero-order valence-electron chi connectivity index (χ0n) is 17.9. The Kier molecular flexibility index (Phi) is 7.99. The van der Waals surface area contributed by atoms with Crippen LogP contribution in [0.4, 0.5) is 11.4 Å². The first kappa shape index (κ1) is 23.9. The number of nitrogens with zero attached hydrogens (tertiary/aromatic N) is 1. The Labute approximate surface area is 197 Å². The third-order valence-corrected chi connectivity index (χ3v) is 5.28. The molecule has 0 bridgehead atoms. The molecule has 7 nitrogen and oxygen atoms in total. The number of halogens is 2. The fraction of sp³-hybridized carbons (Fsp3) is 0.348. The van der Waals surface area contributed by atoms with Crippen LogP contribution in [0.15, 0.2) is 42.5 Å². The Hall–Kier alpha value is -2.77. The number of benzene rings is 2. The number of anilines is 2. The average molecular weight is 478 g/mol. The fourth-order valence-corrected chi connectivity index (χ4v) is 3.80. The van der Waals surface area contributed by atoms with E-state index in [1.54, 1.807) is 47.4 Å². The normalized spacial score (nSPS) is 15.7. The van der Waals surface area contributed by atoms with E-state index in [1.165, 1.54) is 0 Å². The molecule has 0 unspecified atom stereocenters. The van der Waals surface area contributed by atoms with Crippen molar-refractivity contribution in [1.29, 1.82) is 0 Å². The lowest BCUT2D eigenvalue weighted by atomic mass is 10.1. The second-order valence-electron chi connectivity index (χ2n) is 8.03. The van der Waals surface area contributed by atoms with Gasteiger partial charge in [-0.25, -0.2) is 0 Å². The van der Waals surface area contributed by atoms with E-state index in [9.17, 15) is 14.4 Å².